The zero-order valence-electron chi connectivity index (χ0n) is 10.2. The molecule has 20 heavy (non-hydrogen) atoms. The molecule has 6 heteroatoms. The number of amides is 1. The number of anilines is 1. The first-order chi connectivity index (χ1) is 9.65. The standard InChI is InChI=1S/C14H9Br2N3O/c15-8-5-6-11(16)10(7-8)14(20)17-13-9-3-1-2-4-12(9)18-19-13/h1-7H,(H2,17,18,19,20). The summed E-state index contributed by atoms with van der Waals surface area (Å²) in [6.07, 6.45) is 0. The largest absolute Gasteiger partial charge is 0.305 e. The molecule has 3 rings (SSSR count). The number of carbonyl (C=O) groups excluding carboxylic acids is 1. The van der Waals surface area contributed by atoms with Gasteiger partial charge in [-0.3, -0.25) is 9.89 Å². The van der Waals surface area contributed by atoms with Gasteiger partial charge in [0.25, 0.3) is 5.91 Å². The molecule has 1 amide bonds. The molecule has 0 aliphatic carbocycles. The number of aromatic amines is 1. The van der Waals surface area contributed by atoms with E-state index in [1.165, 1.54) is 0 Å². The fourth-order valence-electron chi connectivity index (χ4n) is 1.91. The number of H-pyrrole nitrogens is 1. The van der Waals surface area contributed by atoms with Gasteiger partial charge in [-0.05, 0) is 46.3 Å². The molecule has 1 heterocycles. The van der Waals surface area contributed by atoms with Gasteiger partial charge in [0.05, 0.1) is 11.1 Å². The molecule has 0 saturated carbocycles. The molecule has 0 aliphatic heterocycles. The Morgan fingerprint density at radius 3 is 2.80 bits per heavy atom. The van der Waals surface area contributed by atoms with E-state index in [0.29, 0.717) is 11.4 Å². The monoisotopic (exact) mass is 393 g/mol. The van der Waals surface area contributed by atoms with Gasteiger partial charge >= 0.3 is 0 Å². The molecule has 0 radical (unpaired) electrons. The zero-order valence-corrected chi connectivity index (χ0v) is 13.3. The van der Waals surface area contributed by atoms with Crippen molar-refractivity contribution in [3.63, 3.8) is 0 Å². The summed E-state index contributed by atoms with van der Waals surface area (Å²) in [5.41, 5.74) is 1.43. The van der Waals surface area contributed by atoms with E-state index in [0.717, 1.165) is 19.8 Å². The van der Waals surface area contributed by atoms with Gasteiger partial charge in [-0.1, -0.05) is 28.1 Å². The van der Waals surface area contributed by atoms with Crippen molar-refractivity contribution in [2.75, 3.05) is 5.32 Å². The average molecular weight is 395 g/mol. The molecule has 0 bridgehead atoms. The van der Waals surface area contributed by atoms with Crippen LogP contribution >= 0.6 is 31.9 Å². The lowest BCUT2D eigenvalue weighted by atomic mass is 10.2. The van der Waals surface area contributed by atoms with Crippen LogP contribution in [0.15, 0.2) is 51.4 Å². The van der Waals surface area contributed by atoms with Crippen LogP contribution in [0.2, 0.25) is 0 Å². The minimum Gasteiger partial charge on any atom is -0.305 e. The number of rotatable bonds is 2. The molecule has 3 aromatic rings. The fraction of sp³-hybridized carbons (Fsp3) is 0. The second-order valence-electron chi connectivity index (χ2n) is 4.20. The third-order valence-corrected chi connectivity index (χ3v) is 4.06. The van der Waals surface area contributed by atoms with E-state index < -0.39 is 0 Å². The predicted octanol–water partition coefficient (Wildman–Crippen LogP) is 4.34. The maximum Gasteiger partial charge on any atom is 0.258 e. The highest BCUT2D eigenvalue weighted by Crippen LogP contribution is 2.24. The fourth-order valence-corrected chi connectivity index (χ4v) is 2.69. The normalized spacial score (nSPS) is 10.7. The topological polar surface area (TPSA) is 57.8 Å². The van der Waals surface area contributed by atoms with Crippen LogP contribution in [0.4, 0.5) is 5.82 Å². The van der Waals surface area contributed by atoms with Gasteiger partial charge in [0, 0.05) is 14.3 Å². The quantitative estimate of drug-likeness (QED) is 0.679. The minimum absolute atomic E-state index is 0.213. The van der Waals surface area contributed by atoms with Gasteiger partial charge in [-0.2, -0.15) is 5.10 Å². The minimum atomic E-state index is -0.213. The van der Waals surface area contributed by atoms with E-state index in [1.54, 1.807) is 6.07 Å². The molecule has 0 spiro atoms. The van der Waals surface area contributed by atoms with Crippen molar-refractivity contribution >= 4 is 54.5 Å². The molecule has 2 N–H and O–H groups in total. The summed E-state index contributed by atoms with van der Waals surface area (Å²) in [6, 6.07) is 13.1. The molecule has 100 valence electrons. The summed E-state index contributed by atoms with van der Waals surface area (Å²) in [5, 5.41) is 10.7. The maximum absolute atomic E-state index is 12.3. The lowest BCUT2D eigenvalue weighted by Crippen LogP contribution is -2.13. The molecule has 2 aromatic carbocycles. The number of halogens is 2. The number of para-hydroxylation sites is 1. The van der Waals surface area contributed by atoms with Crippen molar-refractivity contribution in [1.82, 2.24) is 10.2 Å². The predicted molar refractivity (Wildman–Crippen MR) is 85.9 cm³/mol. The summed E-state index contributed by atoms with van der Waals surface area (Å²) in [5.74, 6) is 0.313. The van der Waals surface area contributed by atoms with Gasteiger partial charge < -0.3 is 5.32 Å². The molecule has 0 atom stereocenters. The Labute approximate surface area is 131 Å². The van der Waals surface area contributed by atoms with Crippen molar-refractivity contribution in [3.05, 3.63) is 57.0 Å². The Balaban J connectivity index is 1.94. The van der Waals surface area contributed by atoms with Gasteiger partial charge in [0.15, 0.2) is 5.82 Å². The van der Waals surface area contributed by atoms with Crippen LogP contribution in [-0.4, -0.2) is 16.1 Å². The molecule has 0 saturated heterocycles. The van der Waals surface area contributed by atoms with Crippen LogP contribution in [0.3, 0.4) is 0 Å². The molecule has 0 aliphatic rings. The summed E-state index contributed by atoms with van der Waals surface area (Å²) in [6.45, 7) is 0. The van der Waals surface area contributed by atoms with Crippen LogP contribution in [0.5, 0.6) is 0 Å². The average Bonchev–Trinajstić information content (AvgIpc) is 2.85. The first-order valence-electron chi connectivity index (χ1n) is 5.84. The number of carbonyl (C=O) groups is 1. The molecule has 0 fully saturated rings. The van der Waals surface area contributed by atoms with Crippen LogP contribution in [0, 0.1) is 0 Å². The summed E-state index contributed by atoms with van der Waals surface area (Å²) in [4.78, 5) is 12.3. The Morgan fingerprint density at radius 1 is 1.15 bits per heavy atom. The first-order valence-corrected chi connectivity index (χ1v) is 7.43. The lowest BCUT2D eigenvalue weighted by molar-refractivity contribution is 0.102. The van der Waals surface area contributed by atoms with Gasteiger partial charge in [-0.15, -0.1) is 0 Å². The number of benzene rings is 2. The van der Waals surface area contributed by atoms with Crippen molar-refractivity contribution in [1.29, 1.82) is 0 Å². The Kier molecular flexibility index (Phi) is 3.58. The van der Waals surface area contributed by atoms with Crippen molar-refractivity contribution in [2.24, 2.45) is 0 Å². The number of fused-ring (bicyclic) bond motifs is 1. The molecule has 4 nitrogen and oxygen atoms in total. The van der Waals surface area contributed by atoms with E-state index in [-0.39, 0.29) is 5.91 Å². The Morgan fingerprint density at radius 2 is 1.95 bits per heavy atom. The summed E-state index contributed by atoms with van der Waals surface area (Å²) in [7, 11) is 0. The number of hydrogen-bond acceptors (Lipinski definition) is 2. The summed E-state index contributed by atoms with van der Waals surface area (Å²) < 4.78 is 1.58. The number of nitrogens with zero attached hydrogens (tertiary/aromatic N) is 1. The van der Waals surface area contributed by atoms with Crippen molar-refractivity contribution in [3.8, 4) is 0 Å². The third-order valence-electron chi connectivity index (χ3n) is 2.88. The smallest absolute Gasteiger partial charge is 0.258 e. The second kappa shape index (κ2) is 5.38. The number of aromatic nitrogens is 2. The van der Waals surface area contributed by atoms with Crippen molar-refractivity contribution in [2.45, 2.75) is 0 Å². The van der Waals surface area contributed by atoms with E-state index in [9.17, 15) is 4.79 Å². The highest BCUT2D eigenvalue weighted by molar-refractivity contribution is 9.11. The Hall–Kier alpha value is -1.66. The lowest BCUT2D eigenvalue weighted by Gasteiger charge is -2.05. The first kappa shape index (κ1) is 13.3. The van der Waals surface area contributed by atoms with Crippen LogP contribution < -0.4 is 5.32 Å². The number of nitrogens with one attached hydrogen (secondary N) is 2. The third kappa shape index (κ3) is 2.48. The van der Waals surface area contributed by atoms with E-state index in [1.807, 2.05) is 36.4 Å². The second-order valence-corrected chi connectivity index (χ2v) is 5.97. The van der Waals surface area contributed by atoms with Gasteiger partial charge in [-0.25, -0.2) is 0 Å². The summed E-state index contributed by atoms with van der Waals surface area (Å²) >= 11 is 6.73. The molecule has 1 aromatic heterocycles. The van der Waals surface area contributed by atoms with E-state index in [2.05, 4.69) is 47.4 Å². The van der Waals surface area contributed by atoms with E-state index in [4.69, 9.17) is 0 Å². The van der Waals surface area contributed by atoms with Gasteiger partial charge in [0.2, 0.25) is 0 Å². The number of hydrogen-bond donors (Lipinski definition) is 2. The van der Waals surface area contributed by atoms with Gasteiger partial charge in [0.1, 0.15) is 0 Å². The van der Waals surface area contributed by atoms with Crippen LogP contribution in [-0.2, 0) is 0 Å². The maximum atomic E-state index is 12.3. The van der Waals surface area contributed by atoms with Crippen LogP contribution in [0.1, 0.15) is 10.4 Å². The zero-order chi connectivity index (χ0) is 14.1. The molecular weight excluding hydrogens is 386 g/mol. The highest BCUT2D eigenvalue weighted by Gasteiger charge is 2.13. The SMILES string of the molecule is O=C(Nc1n[nH]c2ccccc12)c1cc(Br)ccc1Br. The molecular formula is C14H9Br2N3O. The highest BCUT2D eigenvalue weighted by atomic mass is 79.9. The van der Waals surface area contributed by atoms with Crippen LogP contribution in [0.25, 0.3) is 10.9 Å². The molecule has 0 unspecified atom stereocenters. The van der Waals surface area contributed by atoms with E-state index >= 15 is 0 Å². The Bertz CT molecular complexity index is 798. The van der Waals surface area contributed by atoms with Crippen molar-refractivity contribution < 1.29 is 4.79 Å².